The van der Waals surface area contributed by atoms with E-state index in [9.17, 15) is 18.4 Å². The van der Waals surface area contributed by atoms with Gasteiger partial charge in [0.15, 0.2) is 11.6 Å². The normalized spacial score (nSPS) is 11.5. The number of rotatable bonds is 7. The highest BCUT2D eigenvalue weighted by atomic mass is 19.4. The van der Waals surface area contributed by atoms with Crippen LogP contribution >= 0.6 is 0 Å². The first-order valence-electron chi connectivity index (χ1n) is 19.9. The average molecular weight is 811 g/mol. The van der Waals surface area contributed by atoms with Crippen molar-refractivity contribution in [1.29, 1.82) is 5.26 Å². The van der Waals surface area contributed by atoms with E-state index in [0.29, 0.717) is 78.6 Å². The van der Waals surface area contributed by atoms with Crippen molar-refractivity contribution in [2.24, 2.45) is 0 Å². The number of nitrogens with zero attached hydrogens (tertiary/aromatic N) is 6. The molecule has 0 aliphatic heterocycles. The van der Waals surface area contributed by atoms with Gasteiger partial charge in [-0.3, -0.25) is 0 Å². The van der Waals surface area contributed by atoms with Crippen molar-refractivity contribution in [2.75, 3.05) is 0 Å². The van der Waals surface area contributed by atoms with Gasteiger partial charge in [0.1, 0.15) is 0 Å². The van der Waals surface area contributed by atoms with Crippen molar-refractivity contribution < 1.29 is 13.2 Å². The Morgan fingerprint density at radius 3 is 1.45 bits per heavy atom. The maximum Gasteiger partial charge on any atom is 0.416 e. The zero-order valence-electron chi connectivity index (χ0n) is 33.1. The zero-order valence-corrected chi connectivity index (χ0v) is 33.1. The number of fused-ring (bicyclic) bond motifs is 3. The lowest BCUT2D eigenvalue weighted by atomic mass is 9.97. The van der Waals surface area contributed by atoms with Crippen LogP contribution in [0.4, 0.5) is 13.2 Å². The summed E-state index contributed by atoms with van der Waals surface area (Å²) < 4.78 is 45.2. The van der Waals surface area contributed by atoms with Gasteiger partial charge in [0, 0.05) is 44.2 Å². The third-order valence-electron chi connectivity index (χ3n) is 10.9. The van der Waals surface area contributed by atoms with E-state index >= 15 is 0 Å². The number of halogens is 3. The molecule has 9 heteroatoms. The Hall–Kier alpha value is -8.22. The molecule has 10 rings (SSSR count). The lowest BCUT2D eigenvalue weighted by Gasteiger charge is -2.20. The molecule has 0 N–H and O–H groups in total. The predicted octanol–water partition coefficient (Wildman–Crippen LogP) is 13.6. The van der Waals surface area contributed by atoms with Gasteiger partial charge in [-0.15, -0.1) is 0 Å². The van der Waals surface area contributed by atoms with E-state index in [1.54, 1.807) is 12.1 Å². The summed E-state index contributed by atoms with van der Waals surface area (Å²) in [7, 11) is 0. The predicted molar refractivity (Wildman–Crippen MR) is 239 cm³/mol. The number of nitriles is 1. The molecular weight excluding hydrogens is 778 g/mol. The van der Waals surface area contributed by atoms with Gasteiger partial charge in [-0.05, 0) is 61.5 Å². The molecule has 0 aliphatic carbocycles. The summed E-state index contributed by atoms with van der Waals surface area (Å²) in [4.78, 5) is 20.7. The fourth-order valence-electron chi connectivity index (χ4n) is 8.00. The van der Waals surface area contributed by atoms with E-state index in [-0.39, 0.29) is 0 Å². The van der Waals surface area contributed by atoms with Crippen LogP contribution in [0.5, 0.6) is 0 Å². The Morgan fingerprint density at radius 1 is 0.468 bits per heavy atom. The molecule has 6 nitrogen and oxygen atoms in total. The van der Waals surface area contributed by atoms with E-state index in [2.05, 4.69) is 6.07 Å². The summed E-state index contributed by atoms with van der Waals surface area (Å²) in [5, 5.41) is 11.8. The molecule has 0 atom stereocenters. The van der Waals surface area contributed by atoms with Gasteiger partial charge in [0.05, 0.1) is 56.7 Å². The summed E-state index contributed by atoms with van der Waals surface area (Å²) in [6.07, 6.45) is -4.57. The van der Waals surface area contributed by atoms with E-state index in [1.165, 1.54) is 12.1 Å². The van der Waals surface area contributed by atoms with E-state index < -0.39 is 11.7 Å². The van der Waals surface area contributed by atoms with Crippen LogP contribution < -0.4 is 0 Å². The van der Waals surface area contributed by atoms with E-state index in [1.807, 2.05) is 163 Å². The fraction of sp³-hybridized carbons (Fsp3) is 0.0377. The SMILES string of the molecule is Cc1ccc2c(c1)c1cc(C(F)(F)F)ccc1n2-c1c(-c2cc(-c3ccccc3)nc(-c3ccccc3)n2)cc(C#N)cc1-c1nc(-c2ccccc2)cc(-c2ccccc2)n1. The third-order valence-corrected chi connectivity index (χ3v) is 10.9. The van der Waals surface area contributed by atoms with Crippen LogP contribution in [0, 0.1) is 18.3 Å². The van der Waals surface area contributed by atoms with Gasteiger partial charge in [-0.2, -0.15) is 18.4 Å². The first-order chi connectivity index (χ1) is 30.2. The van der Waals surface area contributed by atoms with Crippen molar-refractivity contribution in [3.05, 3.63) is 199 Å². The monoisotopic (exact) mass is 810 g/mol. The molecule has 0 bridgehead atoms. The Bertz CT molecular complexity index is 3080. The maximum absolute atomic E-state index is 14.4. The number of aryl methyl sites for hydroxylation is 1. The first kappa shape index (κ1) is 38.0. The lowest BCUT2D eigenvalue weighted by Crippen LogP contribution is -2.07. The van der Waals surface area contributed by atoms with Crippen LogP contribution in [0.3, 0.4) is 0 Å². The summed E-state index contributed by atoms with van der Waals surface area (Å²) in [6, 6.07) is 58.3. The number of benzene rings is 7. The summed E-state index contributed by atoms with van der Waals surface area (Å²) in [5.74, 6) is 0.770. The van der Waals surface area contributed by atoms with Crippen LogP contribution in [0.15, 0.2) is 182 Å². The van der Waals surface area contributed by atoms with Gasteiger partial charge in [-0.25, -0.2) is 19.9 Å². The molecule has 0 radical (unpaired) electrons. The molecule has 10 aromatic rings. The quantitative estimate of drug-likeness (QED) is 0.160. The first-order valence-corrected chi connectivity index (χ1v) is 19.9. The molecule has 0 spiro atoms. The van der Waals surface area contributed by atoms with Gasteiger partial charge < -0.3 is 4.57 Å². The minimum absolute atomic E-state index is 0.311. The molecule has 0 unspecified atom stereocenters. The smallest absolute Gasteiger partial charge is 0.308 e. The van der Waals surface area contributed by atoms with Crippen molar-refractivity contribution in [1.82, 2.24) is 24.5 Å². The second-order valence-corrected chi connectivity index (χ2v) is 15.0. The van der Waals surface area contributed by atoms with Gasteiger partial charge in [-0.1, -0.05) is 133 Å². The molecule has 3 heterocycles. The molecule has 0 aliphatic rings. The molecule has 62 heavy (non-hydrogen) atoms. The van der Waals surface area contributed by atoms with E-state index in [4.69, 9.17) is 19.9 Å². The minimum Gasteiger partial charge on any atom is -0.308 e. The van der Waals surface area contributed by atoms with Gasteiger partial charge in [0.25, 0.3) is 0 Å². The Labute approximate surface area is 354 Å². The standard InChI is InChI=1S/C53H33F3N6/c1-33-22-24-48-40(26-33)41-29-39(53(54,55)56)23-25-49(41)62(48)50-42(47-31-46(37-18-10-4-11-19-37)58-51(61-47)38-20-12-5-13-21-38)27-34(32-57)28-43(50)52-59-44(35-14-6-2-7-15-35)30-45(60-52)36-16-8-3-9-17-36/h2-31H,1H3. The highest BCUT2D eigenvalue weighted by Gasteiger charge is 2.32. The van der Waals surface area contributed by atoms with Crippen LogP contribution in [0.2, 0.25) is 0 Å². The molecule has 7 aromatic carbocycles. The summed E-state index contributed by atoms with van der Waals surface area (Å²) in [5.41, 5.74) is 8.94. The molecule has 0 amide bonds. The molecule has 0 saturated carbocycles. The second-order valence-electron chi connectivity index (χ2n) is 15.0. The van der Waals surface area contributed by atoms with Crippen molar-refractivity contribution >= 4 is 21.8 Å². The second kappa shape index (κ2) is 15.4. The zero-order chi connectivity index (χ0) is 42.4. The molecular formula is C53H33F3N6. The largest absolute Gasteiger partial charge is 0.416 e. The van der Waals surface area contributed by atoms with Crippen LogP contribution in [-0.2, 0) is 6.18 Å². The van der Waals surface area contributed by atoms with Crippen molar-refractivity contribution in [3.8, 4) is 79.6 Å². The van der Waals surface area contributed by atoms with Gasteiger partial charge in [0.2, 0.25) is 0 Å². The number of hydrogen-bond acceptors (Lipinski definition) is 5. The number of alkyl halides is 3. The van der Waals surface area contributed by atoms with Crippen LogP contribution in [0.1, 0.15) is 16.7 Å². The Morgan fingerprint density at radius 2 is 0.919 bits per heavy atom. The van der Waals surface area contributed by atoms with Crippen molar-refractivity contribution in [3.63, 3.8) is 0 Å². The summed E-state index contributed by atoms with van der Waals surface area (Å²) >= 11 is 0. The fourth-order valence-corrected chi connectivity index (χ4v) is 8.00. The van der Waals surface area contributed by atoms with Crippen molar-refractivity contribution in [2.45, 2.75) is 13.1 Å². The van der Waals surface area contributed by atoms with Crippen LogP contribution in [0.25, 0.3) is 95.3 Å². The maximum atomic E-state index is 14.4. The van der Waals surface area contributed by atoms with Crippen LogP contribution in [-0.4, -0.2) is 24.5 Å². The topological polar surface area (TPSA) is 80.3 Å². The number of aromatic nitrogens is 5. The molecule has 3 aromatic heterocycles. The molecule has 296 valence electrons. The summed E-state index contributed by atoms with van der Waals surface area (Å²) in [6.45, 7) is 1.92. The van der Waals surface area contributed by atoms with Gasteiger partial charge >= 0.3 is 6.18 Å². The highest BCUT2D eigenvalue weighted by molar-refractivity contribution is 6.11. The lowest BCUT2D eigenvalue weighted by molar-refractivity contribution is -0.137. The Kier molecular flexibility index (Phi) is 9.46. The highest BCUT2D eigenvalue weighted by Crippen LogP contribution is 2.44. The number of hydrogen-bond donors (Lipinski definition) is 0. The average Bonchev–Trinajstić information content (AvgIpc) is 3.64. The molecule has 0 fully saturated rings. The molecule has 0 saturated heterocycles. The Balaban J connectivity index is 1.37. The van der Waals surface area contributed by atoms with E-state index in [0.717, 1.165) is 33.9 Å². The third kappa shape index (κ3) is 7.03. The minimum atomic E-state index is -4.57.